The van der Waals surface area contributed by atoms with E-state index in [0.29, 0.717) is 12.0 Å². The van der Waals surface area contributed by atoms with Crippen LogP contribution in [0.1, 0.15) is 36.2 Å². The van der Waals surface area contributed by atoms with Crippen LogP contribution in [0.3, 0.4) is 0 Å². The highest BCUT2D eigenvalue weighted by atomic mass is 19.1. The highest BCUT2D eigenvalue weighted by molar-refractivity contribution is 5.98. The zero-order chi connectivity index (χ0) is 13.0. The van der Waals surface area contributed by atoms with E-state index in [4.69, 9.17) is 0 Å². The van der Waals surface area contributed by atoms with Crippen LogP contribution in [-0.4, -0.2) is 17.7 Å². The first-order valence-corrected chi connectivity index (χ1v) is 5.55. The molecular weight excluding hydrogens is 221 g/mol. The Bertz CT molecular complexity index is 443. The summed E-state index contributed by atoms with van der Waals surface area (Å²) >= 11 is 0. The Morgan fingerprint density at radius 3 is 2.65 bits per heavy atom. The number of hydrogen-bond donors (Lipinski definition) is 1. The Balaban J connectivity index is 2.83. The molecule has 3 nitrogen and oxygen atoms in total. The van der Waals surface area contributed by atoms with Gasteiger partial charge in [-0.25, -0.2) is 4.39 Å². The van der Waals surface area contributed by atoms with Crippen LogP contribution in [0.4, 0.5) is 4.39 Å². The van der Waals surface area contributed by atoms with Crippen molar-refractivity contribution in [1.82, 2.24) is 5.32 Å². The third-order valence-corrected chi connectivity index (χ3v) is 2.62. The first kappa shape index (κ1) is 13.4. The molecule has 0 aliphatic heterocycles. The number of hydrogen-bond acceptors (Lipinski definition) is 2. The molecule has 0 saturated heterocycles. The predicted molar refractivity (Wildman–Crippen MR) is 63.4 cm³/mol. The molecule has 4 heteroatoms. The normalized spacial score (nSPS) is 12.0. The number of carbonyl (C=O) groups excluding carboxylic acids is 2. The number of amides is 1. The summed E-state index contributed by atoms with van der Waals surface area (Å²) in [6.45, 7) is 5.08. The lowest BCUT2D eigenvalue weighted by Crippen LogP contribution is -2.38. The summed E-state index contributed by atoms with van der Waals surface area (Å²) in [5, 5.41) is 2.56. The van der Waals surface area contributed by atoms with Gasteiger partial charge in [0.25, 0.3) is 5.91 Å². The van der Waals surface area contributed by atoms with E-state index in [9.17, 15) is 14.0 Å². The maximum atomic E-state index is 13.0. The fourth-order valence-electron chi connectivity index (χ4n) is 1.50. The summed E-state index contributed by atoms with van der Waals surface area (Å²) in [7, 11) is 0. The third-order valence-electron chi connectivity index (χ3n) is 2.62. The zero-order valence-electron chi connectivity index (χ0n) is 10.2. The molecule has 0 aliphatic carbocycles. The van der Waals surface area contributed by atoms with Gasteiger partial charge in [-0.15, -0.1) is 0 Å². The minimum Gasteiger partial charge on any atom is -0.343 e. The molecule has 1 rings (SSSR count). The van der Waals surface area contributed by atoms with Gasteiger partial charge in [-0.3, -0.25) is 9.59 Å². The van der Waals surface area contributed by atoms with Gasteiger partial charge >= 0.3 is 0 Å². The lowest BCUT2D eigenvalue weighted by molar-refractivity contribution is -0.120. The maximum absolute atomic E-state index is 13.0. The van der Waals surface area contributed by atoms with Crippen LogP contribution in [0.15, 0.2) is 18.2 Å². The summed E-state index contributed by atoms with van der Waals surface area (Å²) in [6, 6.07) is 3.46. The second kappa shape index (κ2) is 5.57. The van der Waals surface area contributed by atoms with E-state index in [0.717, 1.165) is 0 Å². The van der Waals surface area contributed by atoms with Crippen molar-refractivity contribution in [3.63, 3.8) is 0 Å². The van der Waals surface area contributed by atoms with Crippen LogP contribution in [0.25, 0.3) is 0 Å². The second-order valence-electron chi connectivity index (χ2n) is 3.97. The Labute approximate surface area is 100 Å². The van der Waals surface area contributed by atoms with Crippen LogP contribution in [-0.2, 0) is 4.79 Å². The monoisotopic (exact) mass is 237 g/mol. The van der Waals surface area contributed by atoms with Gasteiger partial charge < -0.3 is 5.32 Å². The maximum Gasteiger partial charge on any atom is 0.252 e. The molecule has 1 atom stereocenters. The number of ketones is 1. The SMILES string of the molecule is CCC(=O)C(C)NC(=O)c1cc(F)ccc1C. The number of carbonyl (C=O) groups is 2. The van der Waals surface area contributed by atoms with Gasteiger partial charge in [0.1, 0.15) is 5.82 Å². The van der Waals surface area contributed by atoms with Crippen molar-refractivity contribution < 1.29 is 14.0 Å². The molecule has 1 N–H and O–H groups in total. The van der Waals surface area contributed by atoms with E-state index in [1.807, 2.05) is 0 Å². The van der Waals surface area contributed by atoms with Gasteiger partial charge in [-0.2, -0.15) is 0 Å². The van der Waals surface area contributed by atoms with Gasteiger partial charge in [0.15, 0.2) is 5.78 Å². The molecule has 0 spiro atoms. The fourth-order valence-corrected chi connectivity index (χ4v) is 1.50. The van der Waals surface area contributed by atoms with Crippen LogP contribution < -0.4 is 5.32 Å². The van der Waals surface area contributed by atoms with Crippen LogP contribution >= 0.6 is 0 Å². The number of halogens is 1. The molecule has 0 aliphatic rings. The van der Waals surface area contributed by atoms with Crippen LogP contribution in [0, 0.1) is 12.7 Å². The summed E-state index contributed by atoms with van der Waals surface area (Å²) in [5.41, 5.74) is 0.945. The van der Waals surface area contributed by atoms with Gasteiger partial charge in [-0.1, -0.05) is 13.0 Å². The number of benzene rings is 1. The van der Waals surface area contributed by atoms with Crippen molar-refractivity contribution in [1.29, 1.82) is 0 Å². The van der Waals surface area contributed by atoms with Crippen LogP contribution in [0.2, 0.25) is 0 Å². The molecular formula is C13H16FNO2. The van der Waals surface area contributed by atoms with Crippen molar-refractivity contribution in [2.75, 3.05) is 0 Å². The highest BCUT2D eigenvalue weighted by Gasteiger charge is 2.16. The average Bonchev–Trinajstić information content (AvgIpc) is 2.30. The molecule has 1 amide bonds. The molecule has 0 fully saturated rings. The predicted octanol–water partition coefficient (Wildman–Crippen LogP) is 2.23. The van der Waals surface area contributed by atoms with Gasteiger partial charge in [0.05, 0.1) is 6.04 Å². The second-order valence-corrected chi connectivity index (χ2v) is 3.97. The molecule has 1 unspecified atom stereocenters. The molecule has 1 aromatic rings. The Hall–Kier alpha value is -1.71. The average molecular weight is 237 g/mol. The van der Waals surface area contributed by atoms with E-state index < -0.39 is 17.8 Å². The lowest BCUT2D eigenvalue weighted by atomic mass is 10.1. The van der Waals surface area contributed by atoms with Gasteiger partial charge in [0.2, 0.25) is 0 Å². The molecule has 0 saturated carbocycles. The van der Waals surface area contributed by atoms with Crippen molar-refractivity contribution >= 4 is 11.7 Å². The largest absolute Gasteiger partial charge is 0.343 e. The molecule has 0 heterocycles. The number of rotatable bonds is 4. The first-order valence-electron chi connectivity index (χ1n) is 5.55. The van der Waals surface area contributed by atoms with Crippen LogP contribution in [0.5, 0.6) is 0 Å². The molecule has 0 bridgehead atoms. The number of aryl methyl sites for hydroxylation is 1. The standard InChI is InChI=1S/C13H16FNO2/c1-4-12(16)9(3)15-13(17)11-7-10(14)6-5-8(11)2/h5-7,9H,4H2,1-3H3,(H,15,17). The van der Waals surface area contributed by atoms with Crippen molar-refractivity contribution in [2.24, 2.45) is 0 Å². The quantitative estimate of drug-likeness (QED) is 0.872. The summed E-state index contributed by atoms with van der Waals surface area (Å²) in [6.07, 6.45) is 0.365. The van der Waals surface area contributed by atoms with Gasteiger partial charge in [0, 0.05) is 12.0 Å². The molecule has 1 aromatic carbocycles. The van der Waals surface area contributed by atoms with Gasteiger partial charge in [-0.05, 0) is 31.5 Å². The number of nitrogens with one attached hydrogen (secondary N) is 1. The zero-order valence-corrected chi connectivity index (χ0v) is 10.2. The summed E-state index contributed by atoms with van der Waals surface area (Å²) in [4.78, 5) is 23.2. The molecule has 17 heavy (non-hydrogen) atoms. The van der Waals surface area contributed by atoms with E-state index in [1.165, 1.54) is 18.2 Å². The Morgan fingerprint density at radius 1 is 1.41 bits per heavy atom. The minimum absolute atomic E-state index is 0.0487. The number of Topliss-reactive ketones (excluding diaryl/α,β-unsaturated/α-hetero) is 1. The topological polar surface area (TPSA) is 46.2 Å². The molecule has 0 radical (unpaired) electrons. The fraction of sp³-hybridized carbons (Fsp3) is 0.385. The smallest absolute Gasteiger partial charge is 0.252 e. The lowest BCUT2D eigenvalue weighted by Gasteiger charge is -2.13. The Kier molecular flexibility index (Phi) is 4.37. The van der Waals surface area contributed by atoms with Crippen molar-refractivity contribution in [2.45, 2.75) is 33.2 Å². The van der Waals surface area contributed by atoms with Crippen molar-refractivity contribution in [3.05, 3.63) is 35.1 Å². The summed E-state index contributed by atoms with van der Waals surface area (Å²) in [5.74, 6) is -0.932. The van der Waals surface area contributed by atoms with E-state index >= 15 is 0 Å². The molecule has 0 aromatic heterocycles. The third kappa shape index (κ3) is 3.37. The van der Waals surface area contributed by atoms with E-state index in [1.54, 1.807) is 20.8 Å². The van der Waals surface area contributed by atoms with E-state index in [-0.39, 0.29) is 11.3 Å². The molecule has 92 valence electrons. The Morgan fingerprint density at radius 2 is 2.06 bits per heavy atom. The van der Waals surface area contributed by atoms with Crippen molar-refractivity contribution in [3.8, 4) is 0 Å². The van der Waals surface area contributed by atoms with E-state index in [2.05, 4.69) is 5.32 Å². The highest BCUT2D eigenvalue weighted by Crippen LogP contribution is 2.10. The minimum atomic E-state index is -0.546. The summed E-state index contributed by atoms with van der Waals surface area (Å²) < 4.78 is 13.0. The first-order chi connectivity index (χ1) is 7.95.